The summed E-state index contributed by atoms with van der Waals surface area (Å²) in [5.41, 5.74) is 1.11. The predicted octanol–water partition coefficient (Wildman–Crippen LogP) is 5.97. The number of aromatic hydroxyl groups is 1. The predicted molar refractivity (Wildman–Crippen MR) is 172 cm³/mol. The van der Waals surface area contributed by atoms with Gasteiger partial charge in [0.1, 0.15) is 23.1 Å². The molecule has 13 heteroatoms. The maximum atomic E-state index is 14.6. The van der Waals surface area contributed by atoms with Gasteiger partial charge in [-0.3, -0.25) is 24.1 Å². The molecule has 3 fully saturated rings. The number of rotatable bonds is 5. The van der Waals surface area contributed by atoms with Crippen LogP contribution in [0.3, 0.4) is 0 Å². The van der Waals surface area contributed by atoms with E-state index in [1.54, 1.807) is 30.3 Å². The number of nitrogens with zero attached hydrogens (tertiary/aromatic N) is 2. The van der Waals surface area contributed by atoms with E-state index in [0.29, 0.717) is 16.3 Å². The smallest absolute Gasteiger partial charge is 0.258 e. The van der Waals surface area contributed by atoms with Crippen LogP contribution in [-0.4, -0.2) is 52.7 Å². The van der Waals surface area contributed by atoms with Crippen LogP contribution in [0.1, 0.15) is 24.3 Å². The van der Waals surface area contributed by atoms with Crippen LogP contribution in [0.5, 0.6) is 17.2 Å². The Morgan fingerprint density at radius 1 is 0.830 bits per heavy atom. The van der Waals surface area contributed by atoms with Crippen molar-refractivity contribution in [2.24, 2.45) is 17.8 Å². The Labute approximate surface area is 283 Å². The van der Waals surface area contributed by atoms with Crippen LogP contribution in [0.15, 0.2) is 72.3 Å². The molecule has 0 aromatic heterocycles. The molecule has 2 aliphatic carbocycles. The number of imide groups is 2. The van der Waals surface area contributed by atoms with E-state index >= 15 is 0 Å². The summed E-state index contributed by atoms with van der Waals surface area (Å²) in [6.07, 6.45) is 1.65. The monoisotopic (exact) mass is 698 g/mol. The maximum Gasteiger partial charge on any atom is 0.258 e. The van der Waals surface area contributed by atoms with E-state index in [-0.39, 0.29) is 41.3 Å². The van der Waals surface area contributed by atoms with Gasteiger partial charge in [-0.2, -0.15) is 0 Å². The molecule has 0 radical (unpaired) electrons. The Hall–Kier alpha value is -4.12. The van der Waals surface area contributed by atoms with Crippen LogP contribution in [0.2, 0.25) is 5.02 Å². The molecule has 3 aromatic rings. The van der Waals surface area contributed by atoms with Crippen molar-refractivity contribution in [2.75, 3.05) is 24.0 Å². The van der Waals surface area contributed by atoms with Gasteiger partial charge in [-0.05, 0) is 67.3 Å². The third kappa shape index (κ3) is 4.27. The standard InChI is InChI=1S/C34H26Cl3FN2O7/c1-46-24-13-20(41)14-25(47-2)27(24)28-21-11-12-22-26(30(43)39(29(22)42)18-7-3-16(35)4-8-18)23(21)15-33(36)31(44)40(32(45)34(28,33)37)19-9-5-17(38)6-10-19/h3-11,13-14,22-23,26,28,41H,12,15H2,1-2H3/t22-,23+,26-,28+,33+,34-/m0/s1. The second kappa shape index (κ2) is 11.0. The summed E-state index contributed by atoms with van der Waals surface area (Å²) in [5, 5.41) is 10.9. The topological polar surface area (TPSA) is 113 Å². The highest BCUT2D eigenvalue weighted by Crippen LogP contribution is 2.67. The van der Waals surface area contributed by atoms with Gasteiger partial charge in [0.15, 0.2) is 9.75 Å². The molecule has 0 unspecified atom stereocenters. The number of carbonyl (C=O) groups excluding carboxylic acids is 4. The Morgan fingerprint density at radius 2 is 1.40 bits per heavy atom. The summed E-state index contributed by atoms with van der Waals surface area (Å²) < 4.78 is 25.2. The molecule has 4 aliphatic rings. The molecule has 1 N–H and O–H groups in total. The second-order valence-corrected chi connectivity index (χ2v) is 13.7. The molecule has 2 saturated heterocycles. The number of halogens is 4. The van der Waals surface area contributed by atoms with Crippen molar-refractivity contribution in [1.82, 2.24) is 0 Å². The van der Waals surface area contributed by atoms with Gasteiger partial charge in [-0.25, -0.2) is 9.29 Å². The van der Waals surface area contributed by atoms with E-state index in [2.05, 4.69) is 0 Å². The highest BCUT2D eigenvalue weighted by atomic mass is 35.5. The number of ether oxygens (including phenoxy) is 2. The zero-order valence-electron chi connectivity index (χ0n) is 24.9. The number of phenolic OH excluding ortho intramolecular Hbond substituents is 1. The average Bonchev–Trinajstić information content (AvgIpc) is 3.39. The molecule has 0 bridgehead atoms. The third-order valence-corrected chi connectivity index (χ3v) is 11.5. The third-order valence-electron chi connectivity index (χ3n) is 9.80. The fourth-order valence-electron chi connectivity index (χ4n) is 7.77. The fourth-order valence-corrected chi connectivity index (χ4v) is 8.81. The van der Waals surface area contributed by atoms with Crippen LogP contribution in [0, 0.1) is 23.6 Å². The molecule has 2 aliphatic heterocycles. The molecular weight excluding hydrogens is 674 g/mol. The zero-order valence-corrected chi connectivity index (χ0v) is 27.1. The Balaban J connectivity index is 1.45. The summed E-state index contributed by atoms with van der Waals surface area (Å²) in [5.74, 6) is -7.03. The number of phenols is 1. The Kier molecular flexibility index (Phi) is 7.35. The van der Waals surface area contributed by atoms with Gasteiger partial charge in [0.25, 0.3) is 11.8 Å². The summed E-state index contributed by atoms with van der Waals surface area (Å²) in [6.45, 7) is 0. The van der Waals surface area contributed by atoms with Crippen LogP contribution in [0.4, 0.5) is 15.8 Å². The van der Waals surface area contributed by atoms with Gasteiger partial charge in [0.2, 0.25) is 11.8 Å². The largest absolute Gasteiger partial charge is 0.508 e. The quantitative estimate of drug-likeness (QED) is 0.198. The van der Waals surface area contributed by atoms with Gasteiger partial charge >= 0.3 is 0 Å². The van der Waals surface area contributed by atoms with Crippen LogP contribution >= 0.6 is 34.8 Å². The SMILES string of the molecule is COc1cc(O)cc(OC)c1[C@H]1C2=CC[C@@H]3C(=O)N(c4ccc(Cl)cc4)C(=O)[C@@H]3[C@@H]2C[C@@]2(Cl)C(=O)N(c3ccc(F)cc3)C(=O)[C@@]12Cl. The van der Waals surface area contributed by atoms with Crippen molar-refractivity contribution >= 4 is 69.8 Å². The molecule has 242 valence electrons. The number of fused-ring (bicyclic) bond motifs is 4. The van der Waals surface area contributed by atoms with Crippen molar-refractivity contribution in [3.05, 3.63) is 88.7 Å². The normalized spacial score (nSPS) is 29.8. The van der Waals surface area contributed by atoms with E-state index in [1.807, 2.05) is 0 Å². The number of benzene rings is 3. The van der Waals surface area contributed by atoms with E-state index in [0.717, 1.165) is 21.9 Å². The number of hydrogen-bond acceptors (Lipinski definition) is 7. The lowest BCUT2D eigenvalue weighted by molar-refractivity contribution is -0.125. The molecule has 4 amide bonds. The number of allylic oxidation sites excluding steroid dienone is 2. The maximum absolute atomic E-state index is 14.6. The molecule has 9 nitrogen and oxygen atoms in total. The molecule has 0 spiro atoms. The van der Waals surface area contributed by atoms with E-state index in [1.165, 1.54) is 38.5 Å². The van der Waals surface area contributed by atoms with Crippen molar-refractivity contribution in [2.45, 2.75) is 28.5 Å². The first-order valence-electron chi connectivity index (χ1n) is 14.7. The lowest BCUT2D eigenvalue weighted by Gasteiger charge is -2.51. The number of anilines is 2. The number of methoxy groups -OCH3 is 2. The average molecular weight is 700 g/mol. The minimum absolute atomic E-state index is 0.0510. The number of alkyl halides is 2. The number of hydrogen-bond donors (Lipinski definition) is 1. The van der Waals surface area contributed by atoms with E-state index in [4.69, 9.17) is 44.3 Å². The highest BCUT2D eigenvalue weighted by Gasteiger charge is 2.77. The van der Waals surface area contributed by atoms with E-state index < -0.39 is 62.9 Å². The summed E-state index contributed by atoms with van der Waals surface area (Å²) in [6, 6.07) is 13.7. The van der Waals surface area contributed by atoms with Crippen molar-refractivity contribution in [3.8, 4) is 17.2 Å². The summed E-state index contributed by atoms with van der Waals surface area (Å²) >= 11 is 20.9. The van der Waals surface area contributed by atoms with Crippen molar-refractivity contribution in [1.29, 1.82) is 0 Å². The lowest BCUT2D eigenvalue weighted by Crippen LogP contribution is -2.60. The van der Waals surface area contributed by atoms with Gasteiger partial charge in [0, 0.05) is 28.6 Å². The molecule has 7 rings (SSSR count). The number of amides is 4. The summed E-state index contributed by atoms with van der Waals surface area (Å²) in [7, 11) is 2.71. The number of carbonyl (C=O) groups is 4. The minimum atomic E-state index is -2.21. The van der Waals surface area contributed by atoms with Crippen LogP contribution in [-0.2, 0) is 19.2 Å². The summed E-state index contributed by atoms with van der Waals surface area (Å²) in [4.78, 5) is 54.7. The molecule has 6 atom stereocenters. The Bertz CT molecular complexity index is 1880. The fraction of sp³-hybridized carbons (Fsp3) is 0.294. The highest BCUT2D eigenvalue weighted by molar-refractivity contribution is 6.58. The first-order chi connectivity index (χ1) is 22.4. The van der Waals surface area contributed by atoms with Crippen molar-refractivity contribution in [3.63, 3.8) is 0 Å². The molecule has 3 aromatic carbocycles. The van der Waals surface area contributed by atoms with Gasteiger partial charge in [-0.1, -0.05) is 23.3 Å². The first kappa shape index (κ1) is 31.5. The Morgan fingerprint density at radius 3 is 2.00 bits per heavy atom. The molecular formula is C34H26Cl3FN2O7. The minimum Gasteiger partial charge on any atom is -0.508 e. The zero-order chi connectivity index (χ0) is 33.6. The lowest BCUT2D eigenvalue weighted by atomic mass is 9.56. The van der Waals surface area contributed by atoms with Crippen LogP contribution in [0.25, 0.3) is 0 Å². The van der Waals surface area contributed by atoms with E-state index in [9.17, 15) is 28.7 Å². The van der Waals surface area contributed by atoms with Crippen LogP contribution < -0.4 is 19.3 Å². The first-order valence-corrected chi connectivity index (χ1v) is 15.8. The van der Waals surface area contributed by atoms with Crippen molar-refractivity contribution < 1.29 is 38.1 Å². The second-order valence-electron chi connectivity index (χ2n) is 12.0. The van der Waals surface area contributed by atoms with Gasteiger partial charge in [0.05, 0.1) is 37.4 Å². The van der Waals surface area contributed by atoms with Gasteiger partial charge in [-0.15, -0.1) is 23.2 Å². The molecule has 47 heavy (non-hydrogen) atoms. The van der Waals surface area contributed by atoms with Gasteiger partial charge < -0.3 is 14.6 Å². The molecule has 2 heterocycles. The molecule has 1 saturated carbocycles.